The van der Waals surface area contributed by atoms with Crippen LogP contribution in [0.5, 0.6) is 0 Å². The Morgan fingerprint density at radius 2 is 2.00 bits per heavy atom. The Bertz CT molecular complexity index is 671. The van der Waals surface area contributed by atoms with Gasteiger partial charge in [-0.2, -0.15) is 13.2 Å². The molecule has 4 nitrogen and oxygen atoms in total. The normalized spacial score (nSPS) is 20.4. The fraction of sp³-hybridized carbons (Fsp3) is 0.467. The summed E-state index contributed by atoms with van der Waals surface area (Å²) in [5.74, 6) is -0.428. The lowest BCUT2D eigenvalue weighted by Gasteiger charge is -2.33. The number of anilines is 1. The van der Waals surface area contributed by atoms with Crippen LogP contribution in [0.1, 0.15) is 18.7 Å². The number of fused-ring (bicyclic) bond motifs is 1. The lowest BCUT2D eigenvalue weighted by Crippen LogP contribution is -2.41. The molecule has 2 aromatic rings. The monoisotopic (exact) mass is 310 g/mol. The summed E-state index contributed by atoms with van der Waals surface area (Å²) in [5.41, 5.74) is 6.63. The second-order valence-corrected chi connectivity index (χ2v) is 5.66. The predicted molar refractivity (Wildman–Crippen MR) is 78.0 cm³/mol. The summed E-state index contributed by atoms with van der Waals surface area (Å²) >= 11 is 0. The maximum Gasteiger partial charge on any atom is 0.393 e. The standard InChI is InChI=1S/C15H17F3N4/c16-15(17,18)10-4-3-7-22(8-10)9-13-20-12-6-2-1-5-11(12)14(19)21-13/h1-2,5-6,10H,3-4,7-9H2,(H2,19,20,21)/t10-/m0/s1. The Morgan fingerprint density at radius 1 is 1.23 bits per heavy atom. The molecular formula is C15H17F3N4. The number of alkyl halides is 3. The number of nitrogen functional groups attached to an aromatic ring is 1. The quantitative estimate of drug-likeness (QED) is 0.926. The van der Waals surface area contributed by atoms with E-state index in [1.165, 1.54) is 0 Å². The highest BCUT2D eigenvalue weighted by atomic mass is 19.4. The van der Waals surface area contributed by atoms with Crippen molar-refractivity contribution >= 4 is 16.7 Å². The van der Waals surface area contributed by atoms with Crippen molar-refractivity contribution in [2.24, 2.45) is 5.92 Å². The molecule has 1 fully saturated rings. The van der Waals surface area contributed by atoms with Crippen molar-refractivity contribution in [2.75, 3.05) is 18.8 Å². The largest absolute Gasteiger partial charge is 0.393 e. The number of benzene rings is 1. The fourth-order valence-electron chi connectivity index (χ4n) is 2.89. The van der Waals surface area contributed by atoms with E-state index in [4.69, 9.17) is 5.73 Å². The van der Waals surface area contributed by atoms with Gasteiger partial charge in [0, 0.05) is 11.9 Å². The van der Waals surface area contributed by atoms with Gasteiger partial charge in [0.1, 0.15) is 11.6 Å². The summed E-state index contributed by atoms with van der Waals surface area (Å²) in [6.07, 6.45) is -3.41. The molecule has 0 amide bonds. The smallest absolute Gasteiger partial charge is 0.383 e. The third kappa shape index (κ3) is 3.14. The molecule has 1 saturated heterocycles. The zero-order valence-corrected chi connectivity index (χ0v) is 12.0. The van der Waals surface area contributed by atoms with Crippen LogP contribution in [-0.2, 0) is 6.54 Å². The van der Waals surface area contributed by atoms with Crippen LogP contribution >= 0.6 is 0 Å². The minimum atomic E-state index is -4.14. The van der Waals surface area contributed by atoms with Gasteiger partial charge in [0.05, 0.1) is 18.0 Å². The van der Waals surface area contributed by atoms with Gasteiger partial charge < -0.3 is 5.73 Å². The fourth-order valence-corrected chi connectivity index (χ4v) is 2.89. The number of likely N-dealkylation sites (tertiary alicyclic amines) is 1. The molecule has 3 rings (SSSR count). The minimum Gasteiger partial charge on any atom is -0.383 e. The summed E-state index contributed by atoms with van der Waals surface area (Å²) in [6, 6.07) is 7.35. The number of piperidine rings is 1. The number of hydrogen-bond donors (Lipinski definition) is 1. The van der Waals surface area contributed by atoms with Gasteiger partial charge in [0.25, 0.3) is 0 Å². The van der Waals surface area contributed by atoms with Crippen LogP contribution in [0.4, 0.5) is 19.0 Å². The zero-order valence-electron chi connectivity index (χ0n) is 12.0. The molecule has 0 aliphatic carbocycles. The van der Waals surface area contributed by atoms with Crippen molar-refractivity contribution in [3.63, 3.8) is 0 Å². The Balaban J connectivity index is 1.78. The van der Waals surface area contributed by atoms with E-state index in [1.54, 1.807) is 4.90 Å². The van der Waals surface area contributed by atoms with Crippen LogP contribution in [-0.4, -0.2) is 34.1 Å². The van der Waals surface area contributed by atoms with Crippen molar-refractivity contribution in [3.05, 3.63) is 30.1 Å². The van der Waals surface area contributed by atoms with Crippen LogP contribution in [0.15, 0.2) is 24.3 Å². The molecule has 0 saturated carbocycles. The summed E-state index contributed by atoms with van der Waals surface area (Å²) in [6.45, 7) is 0.921. The van der Waals surface area contributed by atoms with Crippen LogP contribution in [0, 0.1) is 5.92 Å². The third-order valence-electron chi connectivity index (χ3n) is 4.01. The van der Waals surface area contributed by atoms with Crippen LogP contribution in [0.25, 0.3) is 10.9 Å². The highest BCUT2D eigenvalue weighted by molar-refractivity contribution is 5.87. The first-order valence-electron chi connectivity index (χ1n) is 7.23. The average molecular weight is 310 g/mol. The van der Waals surface area contributed by atoms with Gasteiger partial charge >= 0.3 is 6.18 Å². The zero-order chi connectivity index (χ0) is 15.7. The molecule has 118 valence electrons. The second-order valence-electron chi connectivity index (χ2n) is 5.66. The molecule has 7 heteroatoms. The average Bonchev–Trinajstić information content (AvgIpc) is 2.47. The van der Waals surface area contributed by atoms with Gasteiger partial charge in [-0.25, -0.2) is 9.97 Å². The molecule has 22 heavy (non-hydrogen) atoms. The second kappa shape index (κ2) is 5.72. The van der Waals surface area contributed by atoms with Gasteiger partial charge in [-0.05, 0) is 31.5 Å². The third-order valence-corrected chi connectivity index (χ3v) is 4.01. The molecule has 0 radical (unpaired) electrons. The van der Waals surface area contributed by atoms with Gasteiger partial charge in [-0.3, -0.25) is 4.90 Å². The van der Waals surface area contributed by atoms with Gasteiger partial charge in [-0.1, -0.05) is 12.1 Å². The number of para-hydroxylation sites is 1. The molecule has 1 aliphatic heterocycles. The van der Waals surface area contributed by atoms with E-state index in [0.29, 0.717) is 31.2 Å². The number of rotatable bonds is 2. The lowest BCUT2D eigenvalue weighted by molar-refractivity contribution is -0.187. The molecule has 1 atom stereocenters. The predicted octanol–water partition coefficient (Wildman–Crippen LogP) is 2.99. The van der Waals surface area contributed by atoms with E-state index in [0.717, 1.165) is 10.9 Å². The van der Waals surface area contributed by atoms with Crippen LogP contribution in [0.2, 0.25) is 0 Å². The summed E-state index contributed by atoms with van der Waals surface area (Å²) < 4.78 is 38.5. The van der Waals surface area contributed by atoms with E-state index >= 15 is 0 Å². The molecule has 2 heterocycles. The van der Waals surface area contributed by atoms with Crippen molar-refractivity contribution in [2.45, 2.75) is 25.6 Å². The SMILES string of the molecule is Nc1nc(CN2CCC[C@H](C(F)(F)F)C2)nc2ccccc12. The molecule has 2 N–H and O–H groups in total. The van der Waals surface area contributed by atoms with Crippen LogP contribution in [0.3, 0.4) is 0 Å². The van der Waals surface area contributed by atoms with E-state index < -0.39 is 12.1 Å². The van der Waals surface area contributed by atoms with Crippen molar-refractivity contribution in [3.8, 4) is 0 Å². The molecule has 1 aliphatic rings. The van der Waals surface area contributed by atoms with Gasteiger partial charge in [-0.15, -0.1) is 0 Å². The van der Waals surface area contributed by atoms with Crippen molar-refractivity contribution < 1.29 is 13.2 Å². The lowest BCUT2D eigenvalue weighted by atomic mass is 9.97. The summed E-state index contributed by atoms with van der Waals surface area (Å²) in [5, 5.41) is 0.762. The van der Waals surface area contributed by atoms with Gasteiger partial charge in [0.15, 0.2) is 0 Å². The summed E-state index contributed by atoms with van der Waals surface area (Å²) in [4.78, 5) is 10.4. The maximum atomic E-state index is 12.8. The molecule has 1 aromatic carbocycles. The topological polar surface area (TPSA) is 55.0 Å². The van der Waals surface area contributed by atoms with E-state index in [1.807, 2.05) is 24.3 Å². The Kier molecular flexibility index (Phi) is 3.90. The molecule has 0 unspecified atom stereocenters. The molecule has 1 aromatic heterocycles. The maximum absolute atomic E-state index is 12.8. The van der Waals surface area contributed by atoms with E-state index in [2.05, 4.69) is 9.97 Å². The number of aromatic nitrogens is 2. The minimum absolute atomic E-state index is 0.000405. The first-order chi connectivity index (χ1) is 10.4. The Hall–Kier alpha value is -1.89. The van der Waals surface area contributed by atoms with Crippen molar-refractivity contribution in [1.29, 1.82) is 0 Å². The number of hydrogen-bond acceptors (Lipinski definition) is 4. The molecule has 0 spiro atoms. The van der Waals surface area contributed by atoms with E-state index in [-0.39, 0.29) is 13.0 Å². The summed E-state index contributed by atoms with van der Waals surface area (Å²) in [7, 11) is 0. The van der Waals surface area contributed by atoms with Crippen molar-refractivity contribution in [1.82, 2.24) is 14.9 Å². The number of nitrogens with two attached hydrogens (primary N) is 1. The van der Waals surface area contributed by atoms with Gasteiger partial charge in [0.2, 0.25) is 0 Å². The Morgan fingerprint density at radius 3 is 2.77 bits per heavy atom. The Labute approximate surface area is 126 Å². The highest BCUT2D eigenvalue weighted by Crippen LogP contribution is 2.33. The first kappa shape index (κ1) is 15.0. The highest BCUT2D eigenvalue weighted by Gasteiger charge is 2.41. The molecule has 0 bridgehead atoms. The van der Waals surface area contributed by atoms with Crippen LogP contribution < -0.4 is 5.73 Å². The molecular weight excluding hydrogens is 293 g/mol. The number of nitrogens with zero attached hydrogens (tertiary/aromatic N) is 3. The number of halogens is 3. The van der Waals surface area contributed by atoms with E-state index in [9.17, 15) is 13.2 Å². The first-order valence-corrected chi connectivity index (χ1v) is 7.23.